The monoisotopic (exact) mass is 436 g/mol. The van der Waals surface area contributed by atoms with E-state index in [2.05, 4.69) is 33.4 Å². The minimum Gasteiger partial charge on any atom is -0.502 e. The van der Waals surface area contributed by atoms with Gasteiger partial charge in [-0.1, -0.05) is 13.0 Å². The summed E-state index contributed by atoms with van der Waals surface area (Å²) >= 11 is 3.42. The fourth-order valence-electron chi connectivity index (χ4n) is 2.22. The first kappa shape index (κ1) is 20.6. The van der Waals surface area contributed by atoms with Crippen LogP contribution in [-0.4, -0.2) is 38.1 Å². The normalized spacial score (nSPS) is 10.7. The number of nitrogens with one attached hydrogen (secondary N) is 1. The number of nitrogens with zero attached hydrogens (tertiary/aromatic N) is 1. The third-order valence-electron chi connectivity index (χ3n) is 3.67. The van der Waals surface area contributed by atoms with E-state index >= 15 is 0 Å². The van der Waals surface area contributed by atoms with E-state index in [0.29, 0.717) is 11.3 Å². The number of halogens is 1. The van der Waals surface area contributed by atoms with E-state index in [9.17, 15) is 9.90 Å². The zero-order valence-corrected chi connectivity index (χ0v) is 16.9. The Morgan fingerprint density at radius 2 is 1.85 bits per heavy atom. The molecule has 0 aromatic heterocycles. The summed E-state index contributed by atoms with van der Waals surface area (Å²) in [7, 11) is 2.86. The van der Waals surface area contributed by atoms with E-state index in [0.717, 1.165) is 10.9 Å². The van der Waals surface area contributed by atoms with Crippen molar-refractivity contribution in [2.75, 3.05) is 20.8 Å². The smallest absolute Gasteiger partial charge is 0.277 e. The van der Waals surface area contributed by atoms with Crippen LogP contribution in [0.3, 0.4) is 0 Å². The van der Waals surface area contributed by atoms with Gasteiger partial charge in [-0.2, -0.15) is 5.10 Å². The van der Waals surface area contributed by atoms with Crippen molar-refractivity contribution in [3.05, 3.63) is 45.9 Å². The second kappa shape index (κ2) is 9.82. The number of hydrogen-bond donors (Lipinski definition) is 2. The molecule has 0 bridgehead atoms. The van der Waals surface area contributed by atoms with Crippen molar-refractivity contribution in [2.24, 2.45) is 5.10 Å². The van der Waals surface area contributed by atoms with Gasteiger partial charge in [-0.3, -0.25) is 4.79 Å². The molecule has 0 radical (unpaired) electrons. The SMILES string of the molecule is CCc1ccc(OCC(=O)N/N=C/c2cc(OC)c(O)c(OC)c2)c(Br)c1. The highest BCUT2D eigenvalue weighted by Gasteiger charge is 2.10. The molecule has 0 fully saturated rings. The Balaban J connectivity index is 1.93. The number of hydrazone groups is 1. The highest BCUT2D eigenvalue weighted by atomic mass is 79.9. The minimum absolute atomic E-state index is 0.103. The lowest BCUT2D eigenvalue weighted by Gasteiger charge is -2.09. The van der Waals surface area contributed by atoms with Gasteiger partial charge < -0.3 is 19.3 Å². The number of phenolic OH excluding ortho intramolecular Hbond substituents is 1. The average Bonchev–Trinajstić information content (AvgIpc) is 2.67. The molecule has 2 rings (SSSR count). The molecule has 2 aromatic rings. The molecule has 27 heavy (non-hydrogen) atoms. The summed E-state index contributed by atoms with van der Waals surface area (Å²) in [6.07, 6.45) is 2.33. The molecule has 0 saturated carbocycles. The van der Waals surface area contributed by atoms with Crippen LogP contribution in [0, 0.1) is 0 Å². The largest absolute Gasteiger partial charge is 0.502 e. The van der Waals surface area contributed by atoms with Gasteiger partial charge in [0.2, 0.25) is 5.75 Å². The number of aromatic hydroxyl groups is 1. The summed E-state index contributed by atoms with van der Waals surface area (Å²) in [6, 6.07) is 8.85. The lowest BCUT2D eigenvalue weighted by molar-refractivity contribution is -0.123. The van der Waals surface area contributed by atoms with Gasteiger partial charge in [0.15, 0.2) is 18.1 Å². The van der Waals surface area contributed by atoms with Crippen LogP contribution in [0.2, 0.25) is 0 Å². The number of aryl methyl sites for hydroxylation is 1. The van der Waals surface area contributed by atoms with Crippen molar-refractivity contribution in [2.45, 2.75) is 13.3 Å². The van der Waals surface area contributed by atoms with Crippen LogP contribution in [-0.2, 0) is 11.2 Å². The lowest BCUT2D eigenvalue weighted by Crippen LogP contribution is -2.24. The number of amides is 1. The van der Waals surface area contributed by atoms with Gasteiger partial charge in [0.05, 0.1) is 24.9 Å². The Morgan fingerprint density at radius 3 is 2.41 bits per heavy atom. The second-order valence-corrected chi connectivity index (χ2v) is 6.33. The molecule has 144 valence electrons. The molecule has 0 heterocycles. The van der Waals surface area contributed by atoms with Crippen LogP contribution in [0.15, 0.2) is 39.9 Å². The summed E-state index contributed by atoms with van der Waals surface area (Å²) in [4.78, 5) is 11.9. The van der Waals surface area contributed by atoms with Crippen molar-refractivity contribution in [3.63, 3.8) is 0 Å². The van der Waals surface area contributed by atoms with E-state index in [1.165, 1.54) is 26.0 Å². The van der Waals surface area contributed by atoms with E-state index < -0.39 is 5.91 Å². The maximum atomic E-state index is 11.9. The standard InChI is InChI=1S/C19H21BrN2O5/c1-4-12-5-6-15(14(20)7-12)27-11-18(23)22-21-10-13-8-16(25-2)19(24)17(9-13)26-3/h5-10,24H,4,11H2,1-3H3,(H,22,23)/b21-10+. The molecule has 0 aliphatic rings. The lowest BCUT2D eigenvalue weighted by atomic mass is 10.2. The number of hydrogen-bond acceptors (Lipinski definition) is 6. The number of carbonyl (C=O) groups is 1. The number of carbonyl (C=O) groups excluding carboxylic acids is 1. The molecule has 7 nitrogen and oxygen atoms in total. The Kier molecular flexibility index (Phi) is 7.48. The van der Waals surface area contributed by atoms with Crippen molar-refractivity contribution < 1.29 is 24.1 Å². The van der Waals surface area contributed by atoms with E-state index in [1.54, 1.807) is 12.1 Å². The predicted octanol–water partition coefficient (Wildman–Crippen LogP) is 3.26. The Labute approximate surface area is 166 Å². The average molecular weight is 437 g/mol. The Hall–Kier alpha value is -2.74. The van der Waals surface area contributed by atoms with Crippen LogP contribution in [0.4, 0.5) is 0 Å². The molecule has 2 N–H and O–H groups in total. The molecule has 1 amide bonds. The molecular weight excluding hydrogens is 416 g/mol. The van der Waals surface area contributed by atoms with Crippen molar-refractivity contribution >= 4 is 28.1 Å². The summed E-state index contributed by atoms with van der Waals surface area (Å²) in [5.41, 5.74) is 4.13. The van der Waals surface area contributed by atoms with Crippen LogP contribution in [0.5, 0.6) is 23.0 Å². The molecule has 0 unspecified atom stereocenters. The topological polar surface area (TPSA) is 89.4 Å². The third-order valence-corrected chi connectivity index (χ3v) is 4.29. The molecule has 2 aromatic carbocycles. The first-order chi connectivity index (χ1) is 13.0. The predicted molar refractivity (Wildman–Crippen MR) is 106 cm³/mol. The molecular formula is C19H21BrN2O5. The first-order valence-corrected chi connectivity index (χ1v) is 8.95. The van der Waals surface area contributed by atoms with Gasteiger partial charge in [-0.25, -0.2) is 5.43 Å². The zero-order chi connectivity index (χ0) is 19.8. The summed E-state index contributed by atoms with van der Waals surface area (Å²) in [5.74, 6) is 0.556. The first-order valence-electron chi connectivity index (χ1n) is 8.16. The third kappa shape index (κ3) is 5.62. The maximum Gasteiger partial charge on any atom is 0.277 e. The van der Waals surface area contributed by atoms with Crippen molar-refractivity contribution in [1.29, 1.82) is 0 Å². The van der Waals surface area contributed by atoms with Gasteiger partial charge in [0, 0.05) is 5.56 Å². The van der Waals surface area contributed by atoms with E-state index in [-0.39, 0.29) is 23.9 Å². The molecule has 0 aliphatic heterocycles. The van der Waals surface area contributed by atoms with Crippen molar-refractivity contribution in [1.82, 2.24) is 5.43 Å². The van der Waals surface area contributed by atoms with E-state index in [4.69, 9.17) is 14.2 Å². The molecule has 0 atom stereocenters. The molecule has 0 saturated heterocycles. The second-order valence-electron chi connectivity index (χ2n) is 5.47. The van der Waals surface area contributed by atoms with Gasteiger partial charge in [0.1, 0.15) is 5.75 Å². The van der Waals surface area contributed by atoms with E-state index in [1.807, 2.05) is 18.2 Å². The van der Waals surface area contributed by atoms with Gasteiger partial charge in [-0.05, 0) is 52.2 Å². The van der Waals surface area contributed by atoms with Crippen LogP contribution in [0.25, 0.3) is 0 Å². The molecule has 0 aliphatic carbocycles. The highest BCUT2D eigenvalue weighted by molar-refractivity contribution is 9.10. The quantitative estimate of drug-likeness (QED) is 0.489. The Bertz CT molecular complexity index is 814. The van der Waals surface area contributed by atoms with Gasteiger partial charge in [-0.15, -0.1) is 0 Å². The number of benzene rings is 2. The van der Waals surface area contributed by atoms with Crippen LogP contribution in [0.1, 0.15) is 18.1 Å². The molecule has 0 spiro atoms. The number of methoxy groups -OCH3 is 2. The van der Waals surface area contributed by atoms with Crippen LogP contribution >= 0.6 is 15.9 Å². The maximum absolute atomic E-state index is 11.9. The number of ether oxygens (including phenoxy) is 3. The summed E-state index contributed by atoms with van der Waals surface area (Å²) < 4.78 is 16.4. The van der Waals surface area contributed by atoms with Gasteiger partial charge >= 0.3 is 0 Å². The van der Waals surface area contributed by atoms with Crippen LogP contribution < -0.4 is 19.6 Å². The minimum atomic E-state index is -0.407. The summed E-state index contributed by atoms with van der Waals surface area (Å²) in [6.45, 7) is 1.89. The molecule has 8 heteroatoms. The fraction of sp³-hybridized carbons (Fsp3) is 0.263. The highest BCUT2D eigenvalue weighted by Crippen LogP contribution is 2.36. The number of rotatable bonds is 8. The number of phenols is 1. The van der Waals surface area contributed by atoms with Gasteiger partial charge in [0.25, 0.3) is 5.91 Å². The van der Waals surface area contributed by atoms with Crippen molar-refractivity contribution in [3.8, 4) is 23.0 Å². The zero-order valence-electron chi connectivity index (χ0n) is 15.3. The Morgan fingerprint density at radius 1 is 1.19 bits per heavy atom. The fourth-order valence-corrected chi connectivity index (χ4v) is 2.76. The summed E-state index contributed by atoms with van der Waals surface area (Å²) in [5, 5.41) is 13.8.